The predicted octanol–water partition coefficient (Wildman–Crippen LogP) is 0.120. The van der Waals surface area contributed by atoms with Gasteiger partial charge in [0.25, 0.3) is 0 Å². The van der Waals surface area contributed by atoms with Crippen molar-refractivity contribution in [2.75, 3.05) is 34.9 Å². The summed E-state index contributed by atoms with van der Waals surface area (Å²) in [5.74, 6) is 7.88. The maximum absolute atomic E-state index is 11.4. The Morgan fingerprint density at radius 3 is 2.47 bits per heavy atom. The fourth-order valence-electron chi connectivity index (χ4n) is 1.89. The number of hydrazine groups is 1. The van der Waals surface area contributed by atoms with Crippen molar-refractivity contribution >= 4 is 21.5 Å². The van der Waals surface area contributed by atoms with Gasteiger partial charge in [-0.3, -0.25) is 0 Å². The van der Waals surface area contributed by atoms with Crippen LogP contribution in [0.15, 0.2) is 6.07 Å². The van der Waals surface area contributed by atoms with Gasteiger partial charge in [0.2, 0.25) is 0 Å². The van der Waals surface area contributed by atoms with E-state index in [1.807, 2.05) is 18.7 Å². The Morgan fingerprint density at radius 1 is 1.32 bits per heavy atom. The van der Waals surface area contributed by atoms with Gasteiger partial charge in [-0.25, -0.2) is 24.2 Å². The first kappa shape index (κ1) is 14.0. The highest BCUT2D eigenvalue weighted by Crippen LogP contribution is 2.21. The van der Waals surface area contributed by atoms with E-state index in [1.54, 1.807) is 6.07 Å². The van der Waals surface area contributed by atoms with Gasteiger partial charge in [-0.15, -0.1) is 0 Å². The van der Waals surface area contributed by atoms with E-state index in [0.29, 0.717) is 24.7 Å². The van der Waals surface area contributed by atoms with E-state index in [9.17, 15) is 8.42 Å². The Balaban J connectivity index is 2.27. The molecule has 0 aromatic carbocycles. The Kier molecular flexibility index (Phi) is 3.91. The third-order valence-corrected chi connectivity index (χ3v) is 4.67. The van der Waals surface area contributed by atoms with Crippen molar-refractivity contribution in [2.24, 2.45) is 5.84 Å². The zero-order valence-corrected chi connectivity index (χ0v) is 11.9. The minimum absolute atomic E-state index is 0.166. The van der Waals surface area contributed by atoms with Gasteiger partial charge in [0.15, 0.2) is 9.84 Å². The van der Waals surface area contributed by atoms with Crippen LogP contribution < -0.4 is 16.2 Å². The van der Waals surface area contributed by atoms with Crippen LogP contribution in [0.4, 0.5) is 11.6 Å². The largest absolute Gasteiger partial charge is 0.354 e. The Bertz CT molecular complexity index is 544. The molecule has 0 aliphatic carbocycles. The maximum Gasteiger partial charge on any atom is 0.153 e. The van der Waals surface area contributed by atoms with Gasteiger partial charge >= 0.3 is 0 Å². The van der Waals surface area contributed by atoms with Crippen LogP contribution in [-0.4, -0.2) is 43.0 Å². The molecule has 0 spiro atoms. The second-order valence-electron chi connectivity index (χ2n) is 4.91. The molecule has 0 unspecified atom stereocenters. The van der Waals surface area contributed by atoms with Crippen LogP contribution in [0.3, 0.4) is 0 Å². The van der Waals surface area contributed by atoms with Gasteiger partial charge < -0.3 is 10.3 Å². The summed E-state index contributed by atoms with van der Waals surface area (Å²) in [4.78, 5) is 10.7. The number of aromatic nitrogens is 2. The van der Waals surface area contributed by atoms with Gasteiger partial charge in [-0.05, 0) is 0 Å². The van der Waals surface area contributed by atoms with Crippen molar-refractivity contribution in [3.05, 3.63) is 11.9 Å². The van der Waals surface area contributed by atoms with Crippen LogP contribution in [0, 0.1) is 0 Å². The van der Waals surface area contributed by atoms with Gasteiger partial charge in [0, 0.05) is 25.1 Å². The number of hydrogen-bond donors (Lipinski definition) is 2. The highest BCUT2D eigenvalue weighted by molar-refractivity contribution is 7.91. The fraction of sp³-hybridized carbons (Fsp3) is 0.636. The number of sulfone groups is 1. The third kappa shape index (κ3) is 3.32. The molecule has 3 N–H and O–H groups in total. The first-order chi connectivity index (χ1) is 8.91. The maximum atomic E-state index is 11.4. The zero-order valence-electron chi connectivity index (χ0n) is 11.1. The van der Waals surface area contributed by atoms with Gasteiger partial charge in [-0.1, -0.05) is 13.8 Å². The summed E-state index contributed by atoms with van der Waals surface area (Å²) < 4.78 is 22.9. The minimum Gasteiger partial charge on any atom is -0.354 e. The van der Waals surface area contributed by atoms with E-state index < -0.39 is 9.84 Å². The summed E-state index contributed by atoms with van der Waals surface area (Å²) in [6, 6.07) is 1.74. The summed E-state index contributed by atoms with van der Waals surface area (Å²) in [5, 5.41) is 0. The molecule has 106 valence electrons. The van der Waals surface area contributed by atoms with Crippen molar-refractivity contribution in [1.82, 2.24) is 9.97 Å². The van der Waals surface area contributed by atoms with Gasteiger partial charge in [0.05, 0.1) is 11.5 Å². The number of nitrogen functional groups attached to an aromatic ring is 1. The summed E-state index contributed by atoms with van der Waals surface area (Å²) in [7, 11) is -2.89. The minimum atomic E-state index is -2.89. The molecule has 2 rings (SSSR count). The smallest absolute Gasteiger partial charge is 0.153 e. The molecular formula is C11H19N5O2S. The molecular weight excluding hydrogens is 266 g/mol. The molecule has 1 aromatic heterocycles. The molecule has 0 radical (unpaired) electrons. The predicted molar refractivity (Wildman–Crippen MR) is 74.8 cm³/mol. The molecule has 7 nitrogen and oxygen atoms in total. The normalized spacial score (nSPS) is 18.6. The van der Waals surface area contributed by atoms with E-state index in [2.05, 4.69) is 15.4 Å². The molecule has 0 atom stereocenters. The summed E-state index contributed by atoms with van der Waals surface area (Å²) >= 11 is 0. The molecule has 1 saturated heterocycles. The van der Waals surface area contributed by atoms with E-state index in [1.165, 1.54) is 0 Å². The van der Waals surface area contributed by atoms with Crippen molar-refractivity contribution in [3.63, 3.8) is 0 Å². The standard InChI is InChI=1S/C11H19N5O2S/c1-8(2)11-13-9(15-12)7-10(14-11)16-3-5-19(17,18)6-4-16/h7-8H,3-6,12H2,1-2H3,(H,13,14,15). The number of nitrogens with two attached hydrogens (primary N) is 1. The van der Waals surface area contributed by atoms with Crippen molar-refractivity contribution in [1.29, 1.82) is 0 Å². The molecule has 0 bridgehead atoms. The highest BCUT2D eigenvalue weighted by Gasteiger charge is 2.23. The second kappa shape index (κ2) is 5.30. The Labute approximate surface area is 113 Å². The van der Waals surface area contributed by atoms with Crippen LogP contribution in [0.5, 0.6) is 0 Å². The molecule has 0 saturated carbocycles. The first-order valence-electron chi connectivity index (χ1n) is 6.22. The molecule has 19 heavy (non-hydrogen) atoms. The van der Waals surface area contributed by atoms with Crippen molar-refractivity contribution < 1.29 is 8.42 Å². The van der Waals surface area contributed by atoms with E-state index >= 15 is 0 Å². The molecule has 1 aliphatic rings. The number of anilines is 2. The summed E-state index contributed by atoms with van der Waals surface area (Å²) in [6.07, 6.45) is 0. The van der Waals surface area contributed by atoms with E-state index in [4.69, 9.17) is 5.84 Å². The lowest BCUT2D eigenvalue weighted by atomic mass is 10.2. The third-order valence-electron chi connectivity index (χ3n) is 3.06. The number of hydrogen-bond acceptors (Lipinski definition) is 7. The van der Waals surface area contributed by atoms with Crippen LogP contribution in [0.2, 0.25) is 0 Å². The lowest BCUT2D eigenvalue weighted by Gasteiger charge is -2.28. The lowest BCUT2D eigenvalue weighted by molar-refractivity contribution is 0.586. The number of nitrogens with one attached hydrogen (secondary N) is 1. The molecule has 1 fully saturated rings. The van der Waals surface area contributed by atoms with Crippen LogP contribution in [0.1, 0.15) is 25.6 Å². The Morgan fingerprint density at radius 2 is 1.95 bits per heavy atom. The van der Waals surface area contributed by atoms with E-state index in [0.717, 1.165) is 5.82 Å². The first-order valence-corrected chi connectivity index (χ1v) is 8.04. The van der Waals surface area contributed by atoms with Crippen LogP contribution in [-0.2, 0) is 9.84 Å². The molecule has 2 heterocycles. The van der Waals surface area contributed by atoms with Crippen molar-refractivity contribution in [3.8, 4) is 0 Å². The summed E-state index contributed by atoms with van der Waals surface area (Å²) in [6.45, 7) is 4.92. The van der Waals surface area contributed by atoms with E-state index in [-0.39, 0.29) is 17.4 Å². The molecule has 1 aromatic rings. The van der Waals surface area contributed by atoms with Gasteiger partial charge in [-0.2, -0.15) is 0 Å². The SMILES string of the molecule is CC(C)c1nc(NN)cc(N2CCS(=O)(=O)CC2)n1. The zero-order chi connectivity index (χ0) is 14.0. The molecule has 1 aliphatic heterocycles. The molecule has 8 heteroatoms. The quantitative estimate of drug-likeness (QED) is 0.601. The number of nitrogens with zero attached hydrogens (tertiary/aromatic N) is 3. The Hall–Kier alpha value is -1.41. The van der Waals surface area contributed by atoms with Crippen LogP contribution >= 0.6 is 0 Å². The monoisotopic (exact) mass is 285 g/mol. The average Bonchev–Trinajstić information content (AvgIpc) is 2.38. The van der Waals surface area contributed by atoms with Crippen LogP contribution in [0.25, 0.3) is 0 Å². The topological polar surface area (TPSA) is 101 Å². The summed E-state index contributed by atoms with van der Waals surface area (Å²) in [5.41, 5.74) is 2.52. The lowest BCUT2D eigenvalue weighted by Crippen LogP contribution is -2.40. The molecule has 0 amide bonds. The van der Waals surface area contributed by atoms with Crippen molar-refractivity contribution in [2.45, 2.75) is 19.8 Å². The second-order valence-corrected chi connectivity index (χ2v) is 7.21. The average molecular weight is 285 g/mol. The fourth-order valence-corrected chi connectivity index (χ4v) is 3.09. The highest BCUT2D eigenvalue weighted by atomic mass is 32.2. The number of rotatable bonds is 3. The van der Waals surface area contributed by atoms with Gasteiger partial charge in [0.1, 0.15) is 17.5 Å².